The summed E-state index contributed by atoms with van der Waals surface area (Å²) in [6.07, 6.45) is 2.56. The number of carbonyl (C=O) groups excluding carboxylic acids is 2. The summed E-state index contributed by atoms with van der Waals surface area (Å²) >= 11 is 0. The number of rotatable bonds is 4. The van der Waals surface area contributed by atoms with Crippen LogP contribution in [0.2, 0.25) is 0 Å². The molecule has 0 bridgehead atoms. The maximum Gasteiger partial charge on any atom is 0.247 e. The van der Waals surface area contributed by atoms with Crippen LogP contribution >= 0.6 is 0 Å². The van der Waals surface area contributed by atoms with Gasteiger partial charge < -0.3 is 10.2 Å². The molecule has 134 valence electrons. The van der Waals surface area contributed by atoms with E-state index in [0.717, 1.165) is 30.4 Å². The van der Waals surface area contributed by atoms with Gasteiger partial charge in [-0.15, -0.1) is 0 Å². The molecule has 1 unspecified atom stereocenters. The summed E-state index contributed by atoms with van der Waals surface area (Å²) in [6, 6.07) is 13.5. The van der Waals surface area contributed by atoms with Crippen molar-refractivity contribution in [1.29, 1.82) is 0 Å². The van der Waals surface area contributed by atoms with Crippen molar-refractivity contribution in [3.63, 3.8) is 0 Å². The van der Waals surface area contributed by atoms with Crippen molar-refractivity contribution in [1.82, 2.24) is 10.2 Å². The van der Waals surface area contributed by atoms with Crippen LogP contribution in [0.5, 0.6) is 0 Å². The fraction of sp³-hybridized carbons (Fsp3) is 0.333. The molecule has 1 atom stereocenters. The highest BCUT2D eigenvalue weighted by Crippen LogP contribution is 2.37. The molecule has 0 aromatic heterocycles. The minimum atomic E-state index is -0.639. The van der Waals surface area contributed by atoms with E-state index in [0.29, 0.717) is 12.1 Å². The SMILES string of the molecule is O=C(NCc1ccccc1F)C1c2ccccc2CCN1C(=O)C1CC1. The number of fused-ring (bicyclic) bond motifs is 1. The standard InChI is InChI=1S/C21H21FN2O2/c22-18-8-4-2-6-16(18)13-23-20(25)19-17-7-3-1-5-14(17)11-12-24(19)21(26)15-9-10-15/h1-8,15,19H,9-13H2,(H,23,25). The van der Waals surface area contributed by atoms with E-state index in [4.69, 9.17) is 0 Å². The lowest BCUT2D eigenvalue weighted by Crippen LogP contribution is -2.47. The van der Waals surface area contributed by atoms with Crippen LogP contribution in [0.3, 0.4) is 0 Å². The maximum absolute atomic E-state index is 13.8. The van der Waals surface area contributed by atoms with Crippen molar-refractivity contribution in [3.8, 4) is 0 Å². The lowest BCUT2D eigenvalue weighted by molar-refractivity contribution is -0.142. The molecule has 1 heterocycles. The van der Waals surface area contributed by atoms with Gasteiger partial charge in [-0.05, 0) is 36.5 Å². The number of hydrogen-bond donors (Lipinski definition) is 1. The third-order valence-corrected chi connectivity index (χ3v) is 5.15. The third-order valence-electron chi connectivity index (χ3n) is 5.15. The number of benzene rings is 2. The Labute approximate surface area is 152 Å². The molecule has 5 heteroatoms. The number of hydrogen-bond acceptors (Lipinski definition) is 2. The van der Waals surface area contributed by atoms with Gasteiger partial charge in [0.25, 0.3) is 0 Å². The molecule has 0 saturated heterocycles. The van der Waals surface area contributed by atoms with Crippen molar-refractivity contribution in [2.24, 2.45) is 5.92 Å². The van der Waals surface area contributed by atoms with Crippen LogP contribution in [0.4, 0.5) is 4.39 Å². The number of carbonyl (C=O) groups is 2. The largest absolute Gasteiger partial charge is 0.350 e. The normalized spacial score (nSPS) is 19.0. The van der Waals surface area contributed by atoms with Crippen LogP contribution in [0, 0.1) is 11.7 Å². The van der Waals surface area contributed by atoms with Crippen LogP contribution in [-0.2, 0) is 22.6 Å². The summed E-state index contributed by atoms with van der Waals surface area (Å²) in [5, 5.41) is 2.82. The zero-order chi connectivity index (χ0) is 18.1. The quantitative estimate of drug-likeness (QED) is 0.920. The van der Waals surface area contributed by atoms with Gasteiger partial charge in [0.1, 0.15) is 11.9 Å². The van der Waals surface area contributed by atoms with Crippen LogP contribution in [-0.4, -0.2) is 23.3 Å². The summed E-state index contributed by atoms with van der Waals surface area (Å²) in [5.41, 5.74) is 2.40. The van der Waals surface area contributed by atoms with E-state index in [9.17, 15) is 14.0 Å². The molecular weight excluding hydrogens is 331 g/mol. The molecule has 0 spiro atoms. The van der Waals surface area contributed by atoms with Gasteiger partial charge in [0, 0.05) is 24.6 Å². The highest BCUT2D eigenvalue weighted by atomic mass is 19.1. The predicted molar refractivity (Wildman–Crippen MR) is 95.6 cm³/mol. The molecule has 2 aliphatic rings. The molecule has 4 rings (SSSR count). The lowest BCUT2D eigenvalue weighted by Gasteiger charge is -2.36. The van der Waals surface area contributed by atoms with E-state index in [-0.39, 0.29) is 30.1 Å². The zero-order valence-electron chi connectivity index (χ0n) is 14.5. The Kier molecular flexibility index (Phi) is 4.45. The van der Waals surface area contributed by atoms with Gasteiger partial charge in [-0.1, -0.05) is 42.5 Å². The lowest BCUT2D eigenvalue weighted by atomic mass is 9.91. The fourth-order valence-corrected chi connectivity index (χ4v) is 3.57. The molecule has 2 amide bonds. The van der Waals surface area contributed by atoms with Crippen molar-refractivity contribution >= 4 is 11.8 Å². The topological polar surface area (TPSA) is 49.4 Å². The fourth-order valence-electron chi connectivity index (χ4n) is 3.57. The van der Waals surface area contributed by atoms with Gasteiger partial charge in [-0.25, -0.2) is 4.39 Å². The van der Waals surface area contributed by atoms with Crippen molar-refractivity contribution in [3.05, 3.63) is 71.0 Å². The molecule has 1 aliphatic carbocycles. The molecule has 0 radical (unpaired) electrons. The first-order valence-corrected chi connectivity index (χ1v) is 9.04. The van der Waals surface area contributed by atoms with E-state index in [1.165, 1.54) is 6.07 Å². The molecule has 26 heavy (non-hydrogen) atoms. The second-order valence-corrected chi connectivity index (χ2v) is 6.97. The Morgan fingerprint density at radius 3 is 2.58 bits per heavy atom. The molecule has 2 aromatic rings. The van der Waals surface area contributed by atoms with E-state index in [1.54, 1.807) is 23.1 Å². The highest BCUT2D eigenvalue weighted by Gasteiger charge is 2.41. The Balaban J connectivity index is 1.58. The number of nitrogens with zero attached hydrogens (tertiary/aromatic N) is 1. The van der Waals surface area contributed by atoms with E-state index in [1.807, 2.05) is 24.3 Å². The number of amides is 2. The average Bonchev–Trinajstić information content (AvgIpc) is 3.51. The van der Waals surface area contributed by atoms with Gasteiger partial charge in [0.15, 0.2) is 0 Å². The van der Waals surface area contributed by atoms with Crippen LogP contribution in [0.15, 0.2) is 48.5 Å². The van der Waals surface area contributed by atoms with E-state index >= 15 is 0 Å². The first kappa shape index (κ1) is 16.8. The monoisotopic (exact) mass is 352 g/mol. The summed E-state index contributed by atoms with van der Waals surface area (Å²) in [4.78, 5) is 27.4. The maximum atomic E-state index is 13.8. The van der Waals surface area contributed by atoms with Crippen LogP contribution in [0.1, 0.15) is 35.6 Å². The molecule has 2 aromatic carbocycles. The summed E-state index contributed by atoms with van der Waals surface area (Å²) in [7, 11) is 0. The Bertz CT molecular complexity index is 847. The molecule has 1 fully saturated rings. The molecular formula is C21H21FN2O2. The molecule has 1 saturated carbocycles. The number of halogens is 1. The minimum Gasteiger partial charge on any atom is -0.350 e. The Morgan fingerprint density at radius 1 is 1.08 bits per heavy atom. The second kappa shape index (κ2) is 6.90. The molecule has 4 nitrogen and oxygen atoms in total. The van der Waals surface area contributed by atoms with Gasteiger partial charge in [-0.3, -0.25) is 9.59 Å². The predicted octanol–water partition coefficient (Wildman–Crippen LogP) is 2.98. The van der Waals surface area contributed by atoms with E-state index in [2.05, 4.69) is 5.32 Å². The first-order chi connectivity index (χ1) is 12.6. The average molecular weight is 352 g/mol. The Hall–Kier alpha value is -2.69. The van der Waals surface area contributed by atoms with Gasteiger partial charge in [0.05, 0.1) is 0 Å². The Morgan fingerprint density at radius 2 is 1.81 bits per heavy atom. The second-order valence-electron chi connectivity index (χ2n) is 6.97. The summed E-state index contributed by atoms with van der Waals surface area (Å²) in [5.74, 6) is -0.482. The third kappa shape index (κ3) is 3.21. The summed E-state index contributed by atoms with van der Waals surface area (Å²) in [6.45, 7) is 0.653. The minimum absolute atomic E-state index is 0.0575. The number of nitrogens with one attached hydrogen (secondary N) is 1. The molecule has 1 N–H and O–H groups in total. The van der Waals surface area contributed by atoms with Gasteiger partial charge in [-0.2, -0.15) is 0 Å². The molecule has 1 aliphatic heterocycles. The zero-order valence-corrected chi connectivity index (χ0v) is 14.5. The van der Waals surface area contributed by atoms with Crippen molar-refractivity contribution < 1.29 is 14.0 Å². The summed E-state index contributed by atoms with van der Waals surface area (Å²) < 4.78 is 13.8. The van der Waals surface area contributed by atoms with Gasteiger partial charge in [0.2, 0.25) is 11.8 Å². The highest BCUT2D eigenvalue weighted by molar-refractivity contribution is 5.91. The smallest absolute Gasteiger partial charge is 0.247 e. The van der Waals surface area contributed by atoms with Gasteiger partial charge >= 0.3 is 0 Å². The van der Waals surface area contributed by atoms with Crippen molar-refractivity contribution in [2.75, 3.05) is 6.54 Å². The van der Waals surface area contributed by atoms with E-state index < -0.39 is 6.04 Å². The first-order valence-electron chi connectivity index (χ1n) is 9.04. The van der Waals surface area contributed by atoms with Crippen molar-refractivity contribution in [2.45, 2.75) is 31.8 Å². The van der Waals surface area contributed by atoms with Crippen LogP contribution < -0.4 is 5.32 Å². The van der Waals surface area contributed by atoms with Crippen LogP contribution in [0.25, 0.3) is 0 Å².